The summed E-state index contributed by atoms with van der Waals surface area (Å²) in [6, 6.07) is 1.98. The summed E-state index contributed by atoms with van der Waals surface area (Å²) in [7, 11) is 0. The number of carbonyl (C=O) groups excluding carboxylic acids is 1. The first-order valence-corrected chi connectivity index (χ1v) is 9.47. The molecule has 3 aromatic heterocycles. The third-order valence-corrected chi connectivity index (χ3v) is 4.95. The van der Waals surface area contributed by atoms with Crippen LogP contribution in [0.4, 0.5) is 15.7 Å². The van der Waals surface area contributed by atoms with Crippen LogP contribution < -0.4 is 10.6 Å². The summed E-state index contributed by atoms with van der Waals surface area (Å²) in [6.07, 6.45) is 3.62. The van der Waals surface area contributed by atoms with E-state index in [9.17, 15) is 4.79 Å². The Kier molecular flexibility index (Phi) is 5.14. The van der Waals surface area contributed by atoms with Gasteiger partial charge in [-0.2, -0.15) is 0 Å². The molecule has 9 heteroatoms. The van der Waals surface area contributed by atoms with E-state index in [0.717, 1.165) is 33.9 Å². The molecule has 0 fully saturated rings. The maximum absolute atomic E-state index is 11.7. The number of fused-ring (bicyclic) bond motifs is 1. The van der Waals surface area contributed by atoms with Crippen LogP contribution in [0.3, 0.4) is 0 Å². The Morgan fingerprint density at radius 1 is 1.28 bits per heavy atom. The second kappa shape index (κ2) is 7.32. The third-order valence-electron chi connectivity index (χ3n) is 3.07. The van der Waals surface area contributed by atoms with Crippen LogP contribution in [-0.2, 0) is 11.2 Å². The minimum absolute atomic E-state index is 0.493. The number of amides is 1. The van der Waals surface area contributed by atoms with Crippen LogP contribution in [0.1, 0.15) is 25.6 Å². The number of ether oxygens (including phenoxy) is 1. The molecule has 3 aromatic rings. The van der Waals surface area contributed by atoms with Gasteiger partial charge in [-0.1, -0.05) is 0 Å². The highest BCUT2D eigenvalue weighted by Crippen LogP contribution is 2.25. The van der Waals surface area contributed by atoms with Gasteiger partial charge in [0.25, 0.3) is 0 Å². The molecule has 0 saturated carbocycles. The lowest BCUT2D eigenvalue weighted by atomic mass is 10.2. The Labute approximate surface area is 153 Å². The van der Waals surface area contributed by atoms with Crippen molar-refractivity contribution in [2.24, 2.45) is 0 Å². The van der Waals surface area contributed by atoms with Crippen LogP contribution in [-0.4, -0.2) is 33.2 Å². The average Bonchev–Trinajstić information content (AvgIpc) is 3.14. The second-order valence-corrected chi connectivity index (χ2v) is 8.32. The van der Waals surface area contributed by atoms with Gasteiger partial charge in [0.15, 0.2) is 5.13 Å². The number of thiophene rings is 1. The zero-order valence-corrected chi connectivity index (χ0v) is 15.8. The number of carbonyl (C=O) groups is 1. The SMILES string of the molecule is CC(C)(C)OC(=O)Nc1ncc(CCNc2ncnc3ccsc23)s1. The minimum Gasteiger partial charge on any atom is -0.444 e. The molecule has 0 aliphatic heterocycles. The number of thiazole rings is 1. The van der Waals surface area contributed by atoms with Gasteiger partial charge in [0, 0.05) is 24.0 Å². The lowest BCUT2D eigenvalue weighted by Crippen LogP contribution is -2.27. The average molecular weight is 377 g/mol. The van der Waals surface area contributed by atoms with Gasteiger partial charge < -0.3 is 10.1 Å². The molecule has 7 nitrogen and oxygen atoms in total. The number of rotatable bonds is 5. The molecule has 0 radical (unpaired) electrons. The highest BCUT2D eigenvalue weighted by atomic mass is 32.1. The Hall–Kier alpha value is -2.26. The summed E-state index contributed by atoms with van der Waals surface area (Å²) < 4.78 is 6.27. The van der Waals surface area contributed by atoms with Crippen molar-refractivity contribution in [3.05, 3.63) is 28.8 Å². The first-order valence-electron chi connectivity index (χ1n) is 7.77. The van der Waals surface area contributed by atoms with Crippen molar-refractivity contribution in [1.29, 1.82) is 0 Å². The summed E-state index contributed by atoms with van der Waals surface area (Å²) in [4.78, 5) is 25.5. The van der Waals surface area contributed by atoms with Gasteiger partial charge >= 0.3 is 6.09 Å². The monoisotopic (exact) mass is 377 g/mol. The number of anilines is 2. The largest absolute Gasteiger partial charge is 0.444 e. The van der Waals surface area contributed by atoms with Crippen molar-refractivity contribution in [2.75, 3.05) is 17.2 Å². The normalized spacial score (nSPS) is 11.5. The molecule has 0 unspecified atom stereocenters. The molecule has 0 atom stereocenters. The van der Waals surface area contributed by atoms with Crippen molar-refractivity contribution >= 4 is 49.9 Å². The van der Waals surface area contributed by atoms with E-state index in [1.807, 2.05) is 32.2 Å². The van der Waals surface area contributed by atoms with Crippen molar-refractivity contribution in [3.63, 3.8) is 0 Å². The smallest absolute Gasteiger partial charge is 0.413 e. The zero-order chi connectivity index (χ0) is 17.9. The summed E-state index contributed by atoms with van der Waals surface area (Å²) in [5.41, 5.74) is 0.419. The summed E-state index contributed by atoms with van der Waals surface area (Å²) in [5.74, 6) is 0.844. The molecule has 25 heavy (non-hydrogen) atoms. The fourth-order valence-corrected chi connectivity index (χ4v) is 3.70. The van der Waals surface area contributed by atoms with Crippen molar-refractivity contribution in [2.45, 2.75) is 32.8 Å². The Morgan fingerprint density at radius 3 is 2.92 bits per heavy atom. The van der Waals surface area contributed by atoms with Crippen molar-refractivity contribution in [3.8, 4) is 0 Å². The second-order valence-electron chi connectivity index (χ2n) is 6.29. The molecule has 1 amide bonds. The lowest BCUT2D eigenvalue weighted by Gasteiger charge is -2.18. The first-order chi connectivity index (χ1) is 11.9. The first kappa shape index (κ1) is 17.6. The van der Waals surface area contributed by atoms with Gasteiger partial charge in [0.1, 0.15) is 17.7 Å². The van der Waals surface area contributed by atoms with E-state index in [1.165, 1.54) is 11.3 Å². The van der Waals surface area contributed by atoms with E-state index in [0.29, 0.717) is 5.13 Å². The molecule has 0 aliphatic carbocycles. The molecule has 0 aromatic carbocycles. The number of nitrogens with zero attached hydrogens (tertiary/aromatic N) is 3. The fourth-order valence-electron chi connectivity index (χ4n) is 2.09. The fraction of sp³-hybridized carbons (Fsp3) is 0.375. The van der Waals surface area contributed by atoms with E-state index in [2.05, 4.69) is 25.6 Å². The number of hydrogen-bond acceptors (Lipinski definition) is 8. The van der Waals surface area contributed by atoms with Crippen LogP contribution in [0, 0.1) is 0 Å². The molecule has 0 spiro atoms. The standard InChI is InChI=1S/C16H19N5O2S2/c1-16(2,3)23-15(22)21-14-18-8-10(25-14)4-6-17-13-12-11(5-7-24-12)19-9-20-13/h5,7-9H,4,6H2,1-3H3,(H,17,19,20)(H,18,21,22). The predicted molar refractivity (Wildman–Crippen MR) is 102 cm³/mol. The highest BCUT2D eigenvalue weighted by Gasteiger charge is 2.17. The summed E-state index contributed by atoms with van der Waals surface area (Å²) >= 11 is 3.05. The molecule has 0 aliphatic rings. The maximum Gasteiger partial charge on any atom is 0.413 e. The van der Waals surface area contributed by atoms with Crippen LogP contribution in [0.25, 0.3) is 10.2 Å². The van der Waals surface area contributed by atoms with Crippen LogP contribution in [0.5, 0.6) is 0 Å². The lowest BCUT2D eigenvalue weighted by molar-refractivity contribution is 0.0636. The zero-order valence-electron chi connectivity index (χ0n) is 14.2. The quantitative estimate of drug-likeness (QED) is 0.694. The Bertz CT molecular complexity index is 869. The number of nitrogens with one attached hydrogen (secondary N) is 2. The van der Waals surface area contributed by atoms with Crippen molar-refractivity contribution in [1.82, 2.24) is 15.0 Å². The van der Waals surface area contributed by atoms with E-state index < -0.39 is 11.7 Å². The Morgan fingerprint density at radius 2 is 2.12 bits per heavy atom. The summed E-state index contributed by atoms with van der Waals surface area (Å²) in [6.45, 7) is 6.19. The topological polar surface area (TPSA) is 89.0 Å². The van der Waals surface area contributed by atoms with Gasteiger partial charge in [-0.25, -0.2) is 19.7 Å². The molecule has 0 bridgehead atoms. The number of hydrogen-bond donors (Lipinski definition) is 2. The molecule has 0 saturated heterocycles. The van der Waals surface area contributed by atoms with Gasteiger partial charge in [-0.05, 0) is 32.2 Å². The van der Waals surface area contributed by atoms with Crippen LogP contribution in [0.15, 0.2) is 24.0 Å². The van der Waals surface area contributed by atoms with Gasteiger partial charge in [-0.15, -0.1) is 22.7 Å². The van der Waals surface area contributed by atoms with Crippen LogP contribution >= 0.6 is 22.7 Å². The van der Waals surface area contributed by atoms with Gasteiger partial charge in [0.2, 0.25) is 0 Å². The van der Waals surface area contributed by atoms with Gasteiger partial charge in [0.05, 0.1) is 10.2 Å². The van der Waals surface area contributed by atoms with Crippen molar-refractivity contribution < 1.29 is 9.53 Å². The molecular weight excluding hydrogens is 358 g/mol. The highest BCUT2D eigenvalue weighted by molar-refractivity contribution is 7.17. The van der Waals surface area contributed by atoms with Gasteiger partial charge in [-0.3, -0.25) is 5.32 Å². The minimum atomic E-state index is -0.529. The molecule has 3 heterocycles. The van der Waals surface area contributed by atoms with E-state index in [4.69, 9.17) is 4.74 Å². The number of aromatic nitrogens is 3. The van der Waals surface area contributed by atoms with E-state index in [1.54, 1.807) is 23.9 Å². The van der Waals surface area contributed by atoms with Crippen LogP contribution in [0.2, 0.25) is 0 Å². The molecule has 3 rings (SSSR count). The van der Waals surface area contributed by atoms with E-state index in [-0.39, 0.29) is 0 Å². The van der Waals surface area contributed by atoms with E-state index >= 15 is 0 Å². The third kappa shape index (κ3) is 4.86. The molecule has 2 N–H and O–H groups in total. The summed E-state index contributed by atoms with van der Waals surface area (Å²) in [5, 5.41) is 8.52. The molecular formula is C16H19N5O2S2. The maximum atomic E-state index is 11.7. The molecule has 132 valence electrons. The predicted octanol–water partition coefficient (Wildman–Crippen LogP) is 4.15. The Balaban J connectivity index is 1.52.